The molecule has 2 N–H and O–H groups in total. The molecule has 1 aliphatic heterocycles. The zero-order chi connectivity index (χ0) is 15.5. The first-order valence-corrected chi connectivity index (χ1v) is 7.64. The SMILES string of the molecule is Cc1[nH]ncc1CN[C@@H]1CCCN(c2nccn(C)c2=O)C1. The number of nitrogens with zero attached hydrogens (tertiary/aromatic N) is 4. The number of nitrogens with one attached hydrogen (secondary N) is 2. The molecule has 118 valence electrons. The van der Waals surface area contributed by atoms with Crippen molar-refractivity contribution in [2.24, 2.45) is 7.05 Å². The summed E-state index contributed by atoms with van der Waals surface area (Å²) >= 11 is 0. The van der Waals surface area contributed by atoms with Gasteiger partial charge in [-0.15, -0.1) is 0 Å². The number of piperidine rings is 1. The first kappa shape index (κ1) is 14.8. The molecule has 0 saturated carbocycles. The molecule has 2 aromatic rings. The molecule has 2 aromatic heterocycles. The first-order valence-electron chi connectivity index (χ1n) is 7.64. The predicted octanol–water partition coefficient (Wildman–Crippen LogP) is 0.570. The number of hydrogen-bond donors (Lipinski definition) is 2. The fourth-order valence-corrected chi connectivity index (χ4v) is 2.85. The van der Waals surface area contributed by atoms with Gasteiger partial charge in [0.15, 0.2) is 5.82 Å². The zero-order valence-corrected chi connectivity index (χ0v) is 13.0. The van der Waals surface area contributed by atoms with Gasteiger partial charge in [-0.25, -0.2) is 4.98 Å². The van der Waals surface area contributed by atoms with E-state index in [1.165, 1.54) is 5.56 Å². The molecule has 0 aromatic carbocycles. The minimum Gasteiger partial charge on any atom is -0.350 e. The van der Waals surface area contributed by atoms with Gasteiger partial charge in [0.05, 0.1) is 6.20 Å². The van der Waals surface area contributed by atoms with Crippen LogP contribution in [0.2, 0.25) is 0 Å². The van der Waals surface area contributed by atoms with Crippen LogP contribution in [0.25, 0.3) is 0 Å². The lowest BCUT2D eigenvalue weighted by Crippen LogP contribution is -2.47. The van der Waals surface area contributed by atoms with Crippen LogP contribution in [0.5, 0.6) is 0 Å². The van der Waals surface area contributed by atoms with Crippen LogP contribution in [-0.4, -0.2) is 38.9 Å². The molecular weight excluding hydrogens is 280 g/mol. The Morgan fingerprint density at radius 3 is 3.14 bits per heavy atom. The van der Waals surface area contributed by atoms with Crippen molar-refractivity contribution in [2.75, 3.05) is 18.0 Å². The Labute approximate surface area is 129 Å². The Hall–Kier alpha value is -2.15. The van der Waals surface area contributed by atoms with Crippen molar-refractivity contribution in [3.05, 3.63) is 40.2 Å². The number of hydrogen-bond acceptors (Lipinski definition) is 5. The summed E-state index contributed by atoms with van der Waals surface area (Å²) in [7, 11) is 1.76. The smallest absolute Gasteiger partial charge is 0.293 e. The van der Waals surface area contributed by atoms with Gasteiger partial charge < -0.3 is 14.8 Å². The van der Waals surface area contributed by atoms with Crippen molar-refractivity contribution in [1.29, 1.82) is 0 Å². The highest BCUT2D eigenvalue weighted by atomic mass is 16.1. The number of anilines is 1. The fourth-order valence-electron chi connectivity index (χ4n) is 2.85. The largest absolute Gasteiger partial charge is 0.350 e. The minimum absolute atomic E-state index is 0.0335. The van der Waals surface area contributed by atoms with E-state index in [2.05, 4.69) is 25.4 Å². The Morgan fingerprint density at radius 1 is 1.50 bits per heavy atom. The number of H-pyrrole nitrogens is 1. The van der Waals surface area contributed by atoms with Gasteiger partial charge in [-0.1, -0.05) is 0 Å². The summed E-state index contributed by atoms with van der Waals surface area (Å²) in [6.45, 7) is 4.51. The fraction of sp³-hybridized carbons (Fsp3) is 0.533. The molecular formula is C15H22N6O. The number of aromatic nitrogens is 4. The molecule has 7 nitrogen and oxygen atoms in total. The minimum atomic E-state index is -0.0335. The Morgan fingerprint density at radius 2 is 2.36 bits per heavy atom. The van der Waals surface area contributed by atoms with Crippen molar-refractivity contribution < 1.29 is 0 Å². The summed E-state index contributed by atoms with van der Waals surface area (Å²) in [6.07, 6.45) is 7.40. The van der Waals surface area contributed by atoms with E-state index < -0.39 is 0 Å². The zero-order valence-electron chi connectivity index (χ0n) is 13.0. The highest BCUT2D eigenvalue weighted by Crippen LogP contribution is 2.15. The molecule has 0 bridgehead atoms. The van der Waals surface area contributed by atoms with Gasteiger partial charge in [-0.2, -0.15) is 5.10 Å². The normalized spacial score (nSPS) is 18.6. The van der Waals surface area contributed by atoms with Crippen molar-refractivity contribution >= 4 is 5.82 Å². The maximum absolute atomic E-state index is 12.2. The van der Waals surface area contributed by atoms with Crippen LogP contribution in [0.15, 0.2) is 23.4 Å². The monoisotopic (exact) mass is 302 g/mol. The maximum atomic E-state index is 12.2. The molecule has 0 unspecified atom stereocenters. The second kappa shape index (κ2) is 6.31. The van der Waals surface area contributed by atoms with Crippen molar-refractivity contribution in [3.8, 4) is 0 Å². The van der Waals surface area contributed by atoms with Crippen molar-refractivity contribution in [2.45, 2.75) is 32.4 Å². The summed E-state index contributed by atoms with van der Waals surface area (Å²) in [5.74, 6) is 0.552. The third-order valence-electron chi connectivity index (χ3n) is 4.24. The molecule has 3 heterocycles. The van der Waals surface area contributed by atoms with Crippen LogP contribution in [0, 0.1) is 6.92 Å². The van der Waals surface area contributed by atoms with Gasteiger partial charge >= 0.3 is 0 Å². The molecule has 1 atom stereocenters. The third-order valence-corrected chi connectivity index (χ3v) is 4.24. The first-order chi connectivity index (χ1) is 10.6. The van der Waals surface area contributed by atoms with Crippen molar-refractivity contribution in [1.82, 2.24) is 25.1 Å². The Bertz CT molecular complexity index is 691. The molecule has 1 saturated heterocycles. The molecule has 7 heteroatoms. The van der Waals surface area contributed by atoms with Crippen LogP contribution < -0.4 is 15.8 Å². The standard InChI is InChI=1S/C15H22N6O/c1-11-12(9-18-19-11)8-17-13-4-3-6-21(10-13)14-15(22)20(2)7-5-16-14/h5,7,9,13,17H,3-4,6,8,10H2,1-2H3,(H,18,19)/t13-/m1/s1. The quantitative estimate of drug-likeness (QED) is 0.863. The van der Waals surface area contributed by atoms with Gasteiger partial charge in [-0.3, -0.25) is 9.89 Å². The van der Waals surface area contributed by atoms with Gasteiger partial charge in [0.2, 0.25) is 0 Å². The topological polar surface area (TPSA) is 78.8 Å². The van der Waals surface area contributed by atoms with Gasteiger partial charge in [-0.05, 0) is 19.8 Å². The summed E-state index contributed by atoms with van der Waals surface area (Å²) in [5.41, 5.74) is 2.25. The van der Waals surface area contributed by atoms with E-state index in [9.17, 15) is 4.79 Å². The molecule has 0 spiro atoms. The highest BCUT2D eigenvalue weighted by molar-refractivity contribution is 5.36. The summed E-state index contributed by atoms with van der Waals surface area (Å²) < 4.78 is 1.58. The molecule has 3 rings (SSSR count). The molecule has 0 radical (unpaired) electrons. The predicted molar refractivity (Wildman–Crippen MR) is 84.9 cm³/mol. The van der Waals surface area contributed by atoms with Crippen LogP contribution in [0.1, 0.15) is 24.1 Å². The van der Waals surface area contributed by atoms with E-state index in [1.54, 1.807) is 24.0 Å². The lowest BCUT2D eigenvalue weighted by atomic mass is 10.1. The van der Waals surface area contributed by atoms with Gasteiger partial charge in [0, 0.05) is 56.4 Å². The van der Waals surface area contributed by atoms with E-state index in [0.717, 1.165) is 38.2 Å². The van der Waals surface area contributed by atoms with Crippen LogP contribution in [0.4, 0.5) is 5.82 Å². The summed E-state index contributed by atoms with van der Waals surface area (Å²) in [4.78, 5) is 18.6. The van der Waals surface area contributed by atoms with Crippen molar-refractivity contribution in [3.63, 3.8) is 0 Å². The van der Waals surface area contributed by atoms with Gasteiger partial charge in [0.25, 0.3) is 5.56 Å². The van der Waals surface area contributed by atoms with E-state index >= 15 is 0 Å². The number of aromatic amines is 1. The summed E-state index contributed by atoms with van der Waals surface area (Å²) in [5, 5.41) is 10.6. The third kappa shape index (κ3) is 3.04. The van der Waals surface area contributed by atoms with E-state index in [4.69, 9.17) is 0 Å². The molecule has 0 amide bonds. The lowest BCUT2D eigenvalue weighted by molar-refractivity contribution is 0.418. The highest BCUT2D eigenvalue weighted by Gasteiger charge is 2.22. The molecule has 22 heavy (non-hydrogen) atoms. The summed E-state index contributed by atoms with van der Waals surface area (Å²) in [6, 6.07) is 0.356. The second-order valence-corrected chi connectivity index (χ2v) is 5.85. The lowest BCUT2D eigenvalue weighted by Gasteiger charge is -2.33. The van der Waals surface area contributed by atoms with Crippen LogP contribution >= 0.6 is 0 Å². The molecule has 0 aliphatic carbocycles. The second-order valence-electron chi connectivity index (χ2n) is 5.85. The van der Waals surface area contributed by atoms with E-state index in [1.807, 2.05) is 13.1 Å². The molecule has 1 aliphatic rings. The number of rotatable bonds is 4. The molecule has 1 fully saturated rings. The van der Waals surface area contributed by atoms with E-state index in [0.29, 0.717) is 11.9 Å². The average molecular weight is 302 g/mol. The van der Waals surface area contributed by atoms with Crippen LogP contribution in [0.3, 0.4) is 0 Å². The van der Waals surface area contributed by atoms with Gasteiger partial charge in [0.1, 0.15) is 0 Å². The average Bonchev–Trinajstić information content (AvgIpc) is 2.93. The van der Waals surface area contributed by atoms with Crippen LogP contribution in [-0.2, 0) is 13.6 Å². The number of aryl methyl sites for hydroxylation is 2. The Balaban J connectivity index is 1.65. The van der Waals surface area contributed by atoms with E-state index in [-0.39, 0.29) is 5.56 Å². The Kier molecular flexibility index (Phi) is 4.24. The maximum Gasteiger partial charge on any atom is 0.293 e.